The number of hydrogen-bond acceptors (Lipinski definition) is 5. The van der Waals surface area contributed by atoms with Crippen LogP contribution in [0.1, 0.15) is 13.3 Å². The largest absolute Gasteiger partial charge is 3.00 e. The van der Waals surface area contributed by atoms with Gasteiger partial charge in [0.25, 0.3) is 0 Å². The Hall–Kier alpha value is 0.152. The monoisotopic (exact) mass is 236 g/mol. The predicted octanol–water partition coefficient (Wildman–Crippen LogP) is -0.810. The van der Waals surface area contributed by atoms with E-state index in [2.05, 4.69) is 4.74 Å². The fourth-order valence-corrected chi connectivity index (χ4v) is 1.49. The summed E-state index contributed by atoms with van der Waals surface area (Å²) in [6.45, 7) is 1.22. The third kappa shape index (κ3) is 8.74. The summed E-state index contributed by atoms with van der Waals surface area (Å²) >= 11 is 0. The molecule has 0 spiro atoms. The van der Waals surface area contributed by atoms with Crippen LogP contribution in [0, 0.1) is 0 Å². The molecule has 7 heteroatoms. The molecule has 0 aliphatic rings. The van der Waals surface area contributed by atoms with Gasteiger partial charge >= 0.3 is 23.3 Å². The molecule has 1 unspecified atom stereocenters. The van der Waals surface area contributed by atoms with Gasteiger partial charge in [-0.05, 0) is 12.3 Å². The van der Waals surface area contributed by atoms with Gasteiger partial charge in [-0.3, -0.25) is 4.79 Å². The molecule has 5 nitrogen and oxygen atoms in total. The third-order valence-corrected chi connectivity index (χ3v) is 3.36. The molecule has 0 radical (unpaired) electrons. The number of aliphatic hydroxyl groups is 1. The van der Waals surface area contributed by atoms with E-state index in [1.165, 1.54) is 6.92 Å². The minimum absolute atomic E-state index is 0. The molecule has 1 N–H and O–H groups in total. The van der Waals surface area contributed by atoms with Crippen LogP contribution in [-0.2, 0) is 14.1 Å². The van der Waals surface area contributed by atoms with Crippen LogP contribution in [0.4, 0.5) is 0 Å². The zero-order chi connectivity index (χ0) is 10.3. The van der Waals surface area contributed by atoms with Crippen molar-refractivity contribution >= 4 is 30.7 Å². The summed E-state index contributed by atoms with van der Waals surface area (Å²) < 4.78 is 15.4. The van der Waals surface area contributed by atoms with Gasteiger partial charge in [-0.1, -0.05) is 6.92 Å². The first-order chi connectivity index (χ1) is 6.02. The molecule has 0 saturated heterocycles. The molecule has 14 heavy (non-hydrogen) atoms. The van der Waals surface area contributed by atoms with E-state index in [-0.39, 0.29) is 49.3 Å². The average Bonchev–Trinajstić information content (AvgIpc) is 2.11. The summed E-state index contributed by atoms with van der Waals surface area (Å²) in [5.74, 6) is -0.585. The molecule has 0 bridgehead atoms. The van der Waals surface area contributed by atoms with Gasteiger partial charge in [-0.2, -0.15) is 0 Å². The summed E-state index contributed by atoms with van der Waals surface area (Å²) in [5.41, 5.74) is 0. The van der Waals surface area contributed by atoms with Gasteiger partial charge in [0.1, 0.15) is 6.61 Å². The SMILES string of the molecule is CCP(=O)([O-])CCC(=O)OCCO.[Al+3]. The summed E-state index contributed by atoms with van der Waals surface area (Å²) in [6.07, 6.45) is -0.233. The molecule has 0 aromatic heterocycles. The average molecular weight is 236 g/mol. The van der Waals surface area contributed by atoms with E-state index in [1.807, 2.05) is 0 Å². The van der Waals surface area contributed by atoms with Crippen molar-refractivity contribution in [2.24, 2.45) is 0 Å². The molecule has 0 aromatic carbocycles. The zero-order valence-corrected chi connectivity index (χ0v) is 10.2. The minimum atomic E-state index is -3.37. The van der Waals surface area contributed by atoms with Gasteiger partial charge in [0.2, 0.25) is 0 Å². The first-order valence-corrected chi connectivity index (χ1v) is 6.07. The van der Waals surface area contributed by atoms with Crippen LogP contribution < -0.4 is 4.89 Å². The van der Waals surface area contributed by atoms with Crippen molar-refractivity contribution in [3.63, 3.8) is 0 Å². The Kier molecular flexibility index (Phi) is 10.0. The van der Waals surface area contributed by atoms with Crippen LogP contribution in [0.2, 0.25) is 0 Å². The Morgan fingerprint density at radius 3 is 2.57 bits per heavy atom. The summed E-state index contributed by atoms with van der Waals surface area (Å²) in [7, 11) is -3.37. The van der Waals surface area contributed by atoms with Crippen molar-refractivity contribution in [2.45, 2.75) is 13.3 Å². The Labute approximate surface area is 94.0 Å². The van der Waals surface area contributed by atoms with Crippen molar-refractivity contribution in [2.75, 3.05) is 25.5 Å². The number of ether oxygens (including phenoxy) is 1. The molecule has 0 aliphatic carbocycles. The topological polar surface area (TPSA) is 86.7 Å². The molecular formula is C7H14AlO5P+2. The van der Waals surface area contributed by atoms with Gasteiger partial charge in [-0.15, -0.1) is 0 Å². The predicted molar refractivity (Wildman–Crippen MR) is 51.4 cm³/mol. The van der Waals surface area contributed by atoms with Crippen LogP contribution in [0.3, 0.4) is 0 Å². The van der Waals surface area contributed by atoms with Crippen LogP contribution in [0.5, 0.6) is 0 Å². The number of carbonyl (C=O) groups is 1. The Balaban J connectivity index is 0. The number of aliphatic hydroxyl groups excluding tert-OH is 1. The van der Waals surface area contributed by atoms with E-state index in [4.69, 9.17) is 5.11 Å². The second-order valence-electron chi connectivity index (χ2n) is 2.55. The molecule has 0 aliphatic heterocycles. The maximum Gasteiger partial charge on any atom is 3.00 e. The second-order valence-corrected chi connectivity index (χ2v) is 5.26. The van der Waals surface area contributed by atoms with Gasteiger partial charge in [-0.25, -0.2) is 0 Å². The van der Waals surface area contributed by atoms with Crippen LogP contribution >= 0.6 is 7.37 Å². The van der Waals surface area contributed by atoms with E-state index >= 15 is 0 Å². The smallest absolute Gasteiger partial charge is 0.799 e. The normalized spacial score (nSPS) is 13.9. The van der Waals surface area contributed by atoms with Crippen LogP contribution in [0.25, 0.3) is 0 Å². The van der Waals surface area contributed by atoms with Crippen molar-refractivity contribution in [3.8, 4) is 0 Å². The van der Waals surface area contributed by atoms with Crippen LogP contribution in [-0.4, -0.2) is 54.0 Å². The van der Waals surface area contributed by atoms with E-state index in [9.17, 15) is 14.3 Å². The Morgan fingerprint density at radius 2 is 2.14 bits per heavy atom. The fourth-order valence-electron chi connectivity index (χ4n) is 0.651. The summed E-state index contributed by atoms with van der Waals surface area (Å²) in [6, 6.07) is 0. The Bertz CT molecular complexity index is 208. The second kappa shape index (κ2) is 8.46. The molecule has 0 rings (SSSR count). The Morgan fingerprint density at radius 1 is 1.57 bits per heavy atom. The van der Waals surface area contributed by atoms with Crippen molar-refractivity contribution in [1.29, 1.82) is 0 Å². The summed E-state index contributed by atoms with van der Waals surface area (Å²) in [4.78, 5) is 21.7. The molecule has 0 fully saturated rings. The molecule has 1 atom stereocenters. The van der Waals surface area contributed by atoms with Crippen molar-refractivity contribution in [3.05, 3.63) is 0 Å². The van der Waals surface area contributed by atoms with E-state index < -0.39 is 13.3 Å². The quantitative estimate of drug-likeness (QED) is 0.370. The molecular weight excluding hydrogens is 222 g/mol. The maximum atomic E-state index is 10.9. The zero-order valence-electron chi connectivity index (χ0n) is 8.14. The number of hydrogen-bond donors (Lipinski definition) is 1. The first kappa shape index (κ1) is 16.6. The van der Waals surface area contributed by atoms with Gasteiger partial charge in [0, 0.05) is 7.37 Å². The number of carbonyl (C=O) groups excluding carboxylic acids is 1. The molecule has 0 amide bonds. The maximum absolute atomic E-state index is 10.9. The first-order valence-electron chi connectivity index (χ1n) is 4.07. The van der Waals surface area contributed by atoms with E-state index in [1.54, 1.807) is 0 Å². The van der Waals surface area contributed by atoms with Crippen LogP contribution in [0.15, 0.2) is 0 Å². The van der Waals surface area contributed by atoms with Gasteiger partial charge in [0.15, 0.2) is 0 Å². The van der Waals surface area contributed by atoms with E-state index in [0.29, 0.717) is 0 Å². The minimum Gasteiger partial charge on any atom is -0.799 e. The fraction of sp³-hybridized carbons (Fsp3) is 0.857. The van der Waals surface area contributed by atoms with Gasteiger partial charge in [0.05, 0.1) is 13.0 Å². The molecule has 0 aromatic rings. The molecule has 0 saturated carbocycles. The number of esters is 1. The van der Waals surface area contributed by atoms with Gasteiger partial charge < -0.3 is 19.3 Å². The van der Waals surface area contributed by atoms with Crippen molar-refractivity contribution < 1.29 is 24.1 Å². The third-order valence-electron chi connectivity index (χ3n) is 1.49. The standard InChI is InChI=1S/C7H15O5P.Al/c1-2-13(10,11)6-3-7(9)12-5-4-8;/h8H,2-6H2,1H3,(H,10,11);/q;+3/p-1. The van der Waals surface area contributed by atoms with E-state index in [0.717, 1.165) is 0 Å². The van der Waals surface area contributed by atoms with Crippen molar-refractivity contribution in [1.82, 2.24) is 0 Å². The number of rotatable bonds is 6. The molecule has 0 heterocycles. The summed E-state index contributed by atoms with van der Waals surface area (Å²) in [5, 5.41) is 8.30. The molecule has 78 valence electrons.